The van der Waals surface area contributed by atoms with Crippen molar-refractivity contribution in [3.8, 4) is 0 Å². The molecule has 140 valence electrons. The summed E-state index contributed by atoms with van der Waals surface area (Å²) in [5.74, 6) is 0.420. The van der Waals surface area contributed by atoms with Gasteiger partial charge in [-0.15, -0.1) is 0 Å². The number of hydrogen-bond donors (Lipinski definition) is 0. The highest BCUT2D eigenvalue weighted by atomic mass is 16.3. The van der Waals surface area contributed by atoms with E-state index in [1.54, 1.807) is 41.3 Å². The van der Waals surface area contributed by atoms with E-state index < -0.39 is 5.69 Å². The number of aromatic nitrogens is 2. The average molecular weight is 367 g/mol. The van der Waals surface area contributed by atoms with Crippen molar-refractivity contribution in [1.29, 1.82) is 0 Å². The lowest BCUT2D eigenvalue weighted by Gasteiger charge is -2.27. The van der Waals surface area contributed by atoms with Crippen LogP contribution in [0, 0.1) is 0 Å². The molecule has 0 spiro atoms. The zero-order chi connectivity index (χ0) is 18.8. The molecular weight excluding hydrogens is 346 g/mol. The highest BCUT2D eigenvalue weighted by Crippen LogP contribution is 2.12. The summed E-state index contributed by atoms with van der Waals surface area (Å²) in [6.07, 6.45) is 4.60. The summed E-state index contributed by atoms with van der Waals surface area (Å²) >= 11 is 0. The molecule has 3 aromatic rings. The smallest absolute Gasteiger partial charge is 0.332 e. The third-order valence-corrected chi connectivity index (χ3v) is 5.03. The van der Waals surface area contributed by atoms with Crippen LogP contribution in [0.5, 0.6) is 0 Å². The number of hydrogen-bond acceptors (Lipinski definition) is 4. The van der Waals surface area contributed by atoms with Crippen LogP contribution in [0.2, 0.25) is 0 Å². The van der Waals surface area contributed by atoms with Gasteiger partial charge in [-0.2, -0.15) is 0 Å². The Morgan fingerprint density at radius 2 is 1.74 bits per heavy atom. The van der Waals surface area contributed by atoms with Gasteiger partial charge in [0, 0.05) is 13.1 Å². The van der Waals surface area contributed by atoms with E-state index in [4.69, 9.17) is 4.42 Å². The van der Waals surface area contributed by atoms with Gasteiger partial charge >= 0.3 is 5.69 Å². The standard InChI is InChI=1S/C20H21N3O4/c24-18(21-10-4-1-5-11-21)14-22-17-9-3-2-8-16(17)19(25)23(20(22)26)13-15-7-6-12-27-15/h2-3,6-9,12H,1,4-5,10-11,13-14H2. The molecule has 0 bridgehead atoms. The molecule has 1 amide bonds. The first-order valence-electron chi connectivity index (χ1n) is 9.17. The molecule has 0 unspecified atom stereocenters. The van der Waals surface area contributed by atoms with Crippen molar-refractivity contribution >= 4 is 16.8 Å². The molecule has 27 heavy (non-hydrogen) atoms. The number of carbonyl (C=O) groups is 1. The fourth-order valence-electron chi connectivity index (χ4n) is 3.60. The lowest BCUT2D eigenvalue weighted by Crippen LogP contribution is -2.44. The van der Waals surface area contributed by atoms with Crippen LogP contribution in [0.25, 0.3) is 10.9 Å². The van der Waals surface area contributed by atoms with Gasteiger partial charge in [0.25, 0.3) is 5.56 Å². The number of benzene rings is 1. The Labute approximate surface area is 155 Å². The summed E-state index contributed by atoms with van der Waals surface area (Å²) in [7, 11) is 0. The summed E-state index contributed by atoms with van der Waals surface area (Å²) in [5.41, 5.74) is -0.400. The van der Waals surface area contributed by atoms with Crippen molar-refractivity contribution in [3.63, 3.8) is 0 Å². The molecule has 0 N–H and O–H groups in total. The highest BCUT2D eigenvalue weighted by molar-refractivity contribution is 5.81. The van der Waals surface area contributed by atoms with Crippen LogP contribution in [-0.2, 0) is 17.9 Å². The number of likely N-dealkylation sites (tertiary alicyclic amines) is 1. The van der Waals surface area contributed by atoms with Crippen molar-refractivity contribution < 1.29 is 9.21 Å². The van der Waals surface area contributed by atoms with Gasteiger partial charge in [0.05, 0.1) is 23.7 Å². The van der Waals surface area contributed by atoms with Gasteiger partial charge in [-0.3, -0.25) is 18.7 Å². The third-order valence-electron chi connectivity index (χ3n) is 5.03. The molecule has 1 aromatic carbocycles. The Kier molecular flexibility index (Phi) is 4.66. The van der Waals surface area contributed by atoms with Gasteiger partial charge in [-0.05, 0) is 43.5 Å². The van der Waals surface area contributed by atoms with Gasteiger partial charge in [0.1, 0.15) is 12.3 Å². The quantitative estimate of drug-likeness (QED) is 0.705. The van der Waals surface area contributed by atoms with E-state index in [0.717, 1.165) is 36.9 Å². The molecule has 2 aromatic heterocycles. The van der Waals surface area contributed by atoms with Crippen LogP contribution < -0.4 is 11.2 Å². The Balaban J connectivity index is 1.79. The molecule has 7 nitrogen and oxygen atoms in total. The fourth-order valence-corrected chi connectivity index (χ4v) is 3.60. The highest BCUT2D eigenvalue weighted by Gasteiger charge is 2.20. The summed E-state index contributed by atoms with van der Waals surface area (Å²) < 4.78 is 7.82. The van der Waals surface area contributed by atoms with E-state index >= 15 is 0 Å². The molecule has 1 aliphatic heterocycles. The second-order valence-electron chi connectivity index (χ2n) is 6.80. The van der Waals surface area contributed by atoms with Crippen molar-refractivity contribution in [3.05, 3.63) is 69.3 Å². The number of piperidine rings is 1. The monoisotopic (exact) mass is 367 g/mol. The number of amides is 1. The summed E-state index contributed by atoms with van der Waals surface area (Å²) in [4.78, 5) is 40.4. The Hall–Kier alpha value is -3.09. The Morgan fingerprint density at radius 3 is 2.48 bits per heavy atom. The number of fused-ring (bicyclic) bond motifs is 1. The molecule has 4 rings (SSSR count). The minimum absolute atomic E-state index is 0.0351. The van der Waals surface area contributed by atoms with Gasteiger partial charge in [-0.25, -0.2) is 4.79 Å². The average Bonchev–Trinajstić information content (AvgIpc) is 3.22. The molecule has 0 radical (unpaired) electrons. The minimum Gasteiger partial charge on any atom is -0.467 e. The predicted octanol–water partition coefficient (Wildman–Crippen LogP) is 1.82. The molecule has 0 saturated carbocycles. The normalized spacial score (nSPS) is 14.6. The number of rotatable bonds is 4. The van der Waals surface area contributed by atoms with Crippen LogP contribution in [-0.4, -0.2) is 33.0 Å². The van der Waals surface area contributed by atoms with Gasteiger partial charge in [-0.1, -0.05) is 12.1 Å². The van der Waals surface area contributed by atoms with E-state index in [1.165, 1.54) is 10.8 Å². The van der Waals surface area contributed by atoms with Gasteiger partial charge < -0.3 is 9.32 Å². The molecule has 7 heteroatoms. The molecule has 3 heterocycles. The van der Waals surface area contributed by atoms with E-state index in [0.29, 0.717) is 16.7 Å². The van der Waals surface area contributed by atoms with Crippen LogP contribution in [0.1, 0.15) is 25.0 Å². The number of para-hydroxylation sites is 1. The Morgan fingerprint density at radius 1 is 0.963 bits per heavy atom. The van der Waals surface area contributed by atoms with Crippen molar-refractivity contribution in [1.82, 2.24) is 14.0 Å². The maximum absolute atomic E-state index is 13.1. The van der Waals surface area contributed by atoms with Gasteiger partial charge in [0.2, 0.25) is 5.91 Å². The Bertz CT molecular complexity index is 1070. The van der Waals surface area contributed by atoms with E-state index in [9.17, 15) is 14.4 Å². The topological polar surface area (TPSA) is 77.5 Å². The largest absolute Gasteiger partial charge is 0.467 e. The lowest BCUT2D eigenvalue weighted by atomic mass is 10.1. The SMILES string of the molecule is O=C(Cn1c(=O)n(Cc2ccco2)c(=O)c2ccccc21)N1CCCCC1. The molecule has 0 atom stereocenters. The second-order valence-corrected chi connectivity index (χ2v) is 6.80. The van der Waals surface area contributed by atoms with Gasteiger partial charge in [0.15, 0.2) is 0 Å². The molecular formula is C20H21N3O4. The fraction of sp³-hybridized carbons (Fsp3) is 0.350. The first kappa shape index (κ1) is 17.3. The lowest BCUT2D eigenvalue weighted by molar-refractivity contribution is -0.132. The van der Waals surface area contributed by atoms with Crippen LogP contribution in [0.3, 0.4) is 0 Å². The van der Waals surface area contributed by atoms with Crippen LogP contribution >= 0.6 is 0 Å². The number of carbonyl (C=O) groups excluding carboxylic acids is 1. The van der Waals surface area contributed by atoms with Crippen molar-refractivity contribution in [2.45, 2.75) is 32.4 Å². The number of furan rings is 1. The maximum atomic E-state index is 13.1. The first-order valence-corrected chi connectivity index (χ1v) is 9.17. The summed E-state index contributed by atoms with van der Waals surface area (Å²) in [6, 6.07) is 10.3. The first-order chi connectivity index (χ1) is 13.1. The zero-order valence-corrected chi connectivity index (χ0v) is 15.0. The maximum Gasteiger partial charge on any atom is 0.332 e. The van der Waals surface area contributed by atoms with E-state index in [2.05, 4.69) is 0 Å². The van der Waals surface area contributed by atoms with Crippen LogP contribution in [0.4, 0.5) is 0 Å². The van der Waals surface area contributed by atoms with E-state index in [1.807, 2.05) is 0 Å². The van der Waals surface area contributed by atoms with E-state index in [-0.39, 0.29) is 24.6 Å². The molecule has 1 saturated heterocycles. The van der Waals surface area contributed by atoms with Crippen LogP contribution in [0.15, 0.2) is 56.7 Å². The van der Waals surface area contributed by atoms with Crippen molar-refractivity contribution in [2.75, 3.05) is 13.1 Å². The minimum atomic E-state index is -0.500. The molecule has 1 fully saturated rings. The summed E-state index contributed by atoms with van der Waals surface area (Å²) in [5, 5.41) is 0.412. The van der Waals surface area contributed by atoms with Crippen molar-refractivity contribution in [2.24, 2.45) is 0 Å². The third kappa shape index (κ3) is 3.32. The molecule has 1 aliphatic rings. The zero-order valence-electron chi connectivity index (χ0n) is 15.0. The summed E-state index contributed by atoms with van der Waals surface area (Å²) in [6.45, 7) is 1.40. The second kappa shape index (κ2) is 7.26. The number of nitrogens with zero attached hydrogens (tertiary/aromatic N) is 3. The molecule has 0 aliphatic carbocycles. The predicted molar refractivity (Wildman–Crippen MR) is 101 cm³/mol.